The highest BCUT2D eigenvalue weighted by atomic mass is 79.9. The molecule has 3 aromatic rings. The number of amides is 2. The maximum Gasteiger partial charge on any atom is 0.243 e. The van der Waals surface area contributed by atoms with Crippen molar-refractivity contribution in [3.05, 3.63) is 101 Å². The Morgan fingerprint density at radius 3 is 2.17 bits per heavy atom. The second-order valence-electron chi connectivity index (χ2n) is 9.30. The fourth-order valence-electron chi connectivity index (χ4n) is 4.63. The van der Waals surface area contributed by atoms with Gasteiger partial charge in [-0.2, -0.15) is 0 Å². The number of thioether (sulfide) groups is 1. The average Bonchev–Trinajstić information content (AvgIpc) is 2.92. The Kier molecular flexibility index (Phi) is 10.1. The molecule has 1 N–H and O–H groups in total. The summed E-state index contributed by atoms with van der Waals surface area (Å²) in [6.45, 7) is 0.386. The highest BCUT2D eigenvalue weighted by molar-refractivity contribution is 9.10. The predicted octanol–water partition coefficient (Wildman–Crippen LogP) is 6.63. The van der Waals surface area contributed by atoms with E-state index in [1.807, 2.05) is 84.9 Å². The molecular weight excluding hydrogens is 532 g/mol. The standard InChI is InChI=1S/C30H33BrN2O2S/c31-25-18-16-24(17-19-25)21-33(29(34)22-36-27-14-8-3-9-15-27)28(20-23-10-4-1-5-11-23)30(35)32-26-12-6-2-7-13-26/h1,3-5,8-11,14-19,26,28H,2,6-7,12-13,20-22H2,(H,32,35). The molecule has 0 aliphatic heterocycles. The van der Waals surface area contributed by atoms with E-state index in [-0.39, 0.29) is 23.6 Å². The first-order valence-electron chi connectivity index (χ1n) is 12.6. The Hall–Kier alpha value is -2.57. The van der Waals surface area contributed by atoms with Crippen LogP contribution in [0.3, 0.4) is 0 Å². The van der Waals surface area contributed by atoms with E-state index in [1.54, 1.807) is 4.90 Å². The molecule has 2 amide bonds. The van der Waals surface area contributed by atoms with Gasteiger partial charge in [-0.25, -0.2) is 0 Å². The molecule has 0 aromatic heterocycles. The van der Waals surface area contributed by atoms with Crippen LogP contribution in [0.25, 0.3) is 0 Å². The molecule has 0 saturated heterocycles. The molecule has 1 fully saturated rings. The molecule has 1 atom stereocenters. The van der Waals surface area contributed by atoms with Crippen LogP contribution in [0.4, 0.5) is 0 Å². The number of carbonyl (C=O) groups is 2. The SMILES string of the molecule is O=C(NC1CCCCC1)C(Cc1ccccc1)N(Cc1ccc(Br)cc1)C(=O)CSc1ccccc1. The maximum absolute atomic E-state index is 13.8. The van der Waals surface area contributed by atoms with Crippen molar-refractivity contribution in [3.8, 4) is 0 Å². The van der Waals surface area contributed by atoms with Crippen LogP contribution in [0.5, 0.6) is 0 Å². The van der Waals surface area contributed by atoms with Crippen molar-refractivity contribution >= 4 is 39.5 Å². The molecule has 6 heteroatoms. The van der Waals surface area contributed by atoms with E-state index < -0.39 is 6.04 Å². The minimum absolute atomic E-state index is 0.0357. The van der Waals surface area contributed by atoms with Crippen molar-refractivity contribution in [1.82, 2.24) is 10.2 Å². The zero-order valence-corrected chi connectivity index (χ0v) is 22.8. The molecule has 1 saturated carbocycles. The van der Waals surface area contributed by atoms with E-state index in [1.165, 1.54) is 18.2 Å². The van der Waals surface area contributed by atoms with Crippen LogP contribution in [0.15, 0.2) is 94.3 Å². The van der Waals surface area contributed by atoms with Gasteiger partial charge in [0.05, 0.1) is 5.75 Å². The summed E-state index contributed by atoms with van der Waals surface area (Å²) in [5.74, 6) is 0.190. The van der Waals surface area contributed by atoms with Crippen LogP contribution in [-0.4, -0.2) is 34.6 Å². The monoisotopic (exact) mass is 564 g/mol. The number of halogens is 1. The molecule has 0 bridgehead atoms. The van der Waals surface area contributed by atoms with E-state index >= 15 is 0 Å². The summed E-state index contributed by atoms with van der Waals surface area (Å²) in [7, 11) is 0. The molecule has 0 radical (unpaired) electrons. The number of hydrogen-bond donors (Lipinski definition) is 1. The highest BCUT2D eigenvalue weighted by Gasteiger charge is 2.31. The molecule has 3 aromatic carbocycles. The third-order valence-corrected chi connectivity index (χ3v) is 8.12. The maximum atomic E-state index is 13.8. The van der Waals surface area contributed by atoms with Crippen LogP contribution >= 0.6 is 27.7 Å². The van der Waals surface area contributed by atoms with Gasteiger partial charge in [0.1, 0.15) is 6.04 Å². The number of nitrogens with one attached hydrogen (secondary N) is 1. The topological polar surface area (TPSA) is 49.4 Å². The zero-order chi connectivity index (χ0) is 25.2. The molecule has 188 valence electrons. The minimum atomic E-state index is -0.582. The first kappa shape index (κ1) is 26.5. The smallest absolute Gasteiger partial charge is 0.243 e. The van der Waals surface area contributed by atoms with Gasteiger partial charge in [0.15, 0.2) is 0 Å². The van der Waals surface area contributed by atoms with Crippen LogP contribution in [0, 0.1) is 0 Å². The molecule has 4 nitrogen and oxygen atoms in total. The van der Waals surface area contributed by atoms with Gasteiger partial charge in [-0.05, 0) is 48.2 Å². The van der Waals surface area contributed by atoms with Gasteiger partial charge in [-0.15, -0.1) is 11.8 Å². The second kappa shape index (κ2) is 13.7. The summed E-state index contributed by atoms with van der Waals surface area (Å²) in [5.41, 5.74) is 2.05. The zero-order valence-electron chi connectivity index (χ0n) is 20.4. The molecule has 1 unspecified atom stereocenters. The van der Waals surface area contributed by atoms with Crippen molar-refractivity contribution in [2.75, 3.05) is 5.75 Å². The molecule has 4 rings (SSSR count). The third kappa shape index (κ3) is 7.97. The predicted molar refractivity (Wildman–Crippen MR) is 151 cm³/mol. The average molecular weight is 566 g/mol. The first-order chi connectivity index (χ1) is 17.6. The van der Waals surface area contributed by atoms with Crippen molar-refractivity contribution in [2.45, 2.75) is 62.0 Å². The number of hydrogen-bond acceptors (Lipinski definition) is 3. The number of benzene rings is 3. The summed E-state index contributed by atoms with van der Waals surface area (Å²) in [6.07, 6.45) is 6.01. The Morgan fingerprint density at radius 1 is 0.861 bits per heavy atom. The minimum Gasteiger partial charge on any atom is -0.352 e. The lowest BCUT2D eigenvalue weighted by Gasteiger charge is -2.33. The fourth-order valence-corrected chi connectivity index (χ4v) is 5.70. The van der Waals surface area contributed by atoms with E-state index in [9.17, 15) is 9.59 Å². The molecule has 1 aliphatic carbocycles. The third-order valence-electron chi connectivity index (χ3n) is 6.59. The highest BCUT2D eigenvalue weighted by Crippen LogP contribution is 2.23. The van der Waals surface area contributed by atoms with Crippen LogP contribution in [0.1, 0.15) is 43.2 Å². The van der Waals surface area contributed by atoms with Gasteiger partial charge in [0.25, 0.3) is 0 Å². The fraction of sp³-hybridized carbons (Fsp3) is 0.333. The first-order valence-corrected chi connectivity index (χ1v) is 14.4. The summed E-state index contributed by atoms with van der Waals surface area (Å²) in [4.78, 5) is 30.3. The number of carbonyl (C=O) groups excluding carboxylic acids is 2. The van der Waals surface area contributed by atoms with Crippen molar-refractivity contribution in [1.29, 1.82) is 0 Å². The van der Waals surface area contributed by atoms with E-state index in [4.69, 9.17) is 0 Å². The number of nitrogens with zero attached hydrogens (tertiary/aromatic N) is 1. The van der Waals surface area contributed by atoms with E-state index in [0.29, 0.717) is 13.0 Å². The quantitative estimate of drug-likeness (QED) is 0.281. The lowest BCUT2D eigenvalue weighted by Crippen LogP contribution is -2.53. The summed E-state index contributed by atoms with van der Waals surface area (Å²) in [5, 5.41) is 3.30. The molecule has 0 heterocycles. The summed E-state index contributed by atoms with van der Waals surface area (Å²) in [6, 6.07) is 27.5. The molecular formula is C30H33BrN2O2S. The molecule has 1 aliphatic rings. The summed E-state index contributed by atoms with van der Waals surface area (Å²) >= 11 is 5.01. The largest absolute Gasteiger partial charge is 0.352 e. The van der Waals surface area contributed by atoms with Crippen molar-refractivity contribution in [2.24, 2.45) is 0 Å². The van der Waals surface area contributed by atoms with E-state index in [2.05, 4.69) is 21.2 Å². The normalized spacial score (nSPS) is 14.7. The second-order valence-corrected chi connectivity index (χ2v) is 11.3. The molecule has 36 heavy (non-hydrogen) atoms. The number of rotatable bonds is 10. The van der Waals surface area contributed by atoms with Gasteiger partial charge < -0.3 is 10.2 Å². The van der Waals surface area contributed by atoms with Crippen LogP contribution in [0.2, 0.25) is 0 Å². The van der Waals surface area contributed by atoms with Gasteiger partial charge >= 0.3 is 0 Å². The Bertz CT molecular complexity index is 1100. The summed E-state index contributed by atoms with van der Waals surface area (Å²) < 4.78 is 0.986. The lowest BCUT2D eigenvalue weighted by atomic mass is 9.94. The van der Waals surface area contributed by atoms with E-state index in [0.717, 1.165) is 46.2 Å². The van der Waals surface area contributed by atoms with Crippen LogP contribution in [-0.2, 0) is 22.6 Å². The van der Waals surface area contributed by atoms with Crippen LogP contribution < -0.4 is 5.32 Å². The van der Waals surface area contributed by atoms with Crippen molar-refractivity contribution < 1.29 is 9.59 Å². The Labute approximate surface area is 227 Å². The Balaban J connectivity index is 1.60. The lowest BCUT2D eigenvalue weighted by molar-refractivity contribution is -0.139. The van der Waals surface area contributed by atoms with Crippen molar-refractivity contribution in [3.63, 3.8) is 0 Å². The Morgan fingerprint density at radius 2 is 1.50 bits per heavy atom. The molecule has 0 spiro atoms. The van der Waals surface area contributed by atoms with Gasteiger partial charge in [0, 0.05) is 28.4 Å². The van der Waals surface area contributed by atoms with Gasteiger partial charge in [-0.3, -0.25) is 9.59 Å². The van der Waals surface area contributed by atoms with Gasteiger partial charge in [0.2, 0.25) is 11.8 Å². The van der Waals surface area contributed by atoms with Gasteiger partial charge in [-0.1, -0.05) is 95.9 Å².